The highest BCUT2D eigenvalue weighted by Gasteiger charge is 2.09. The van der Waals surface area contributed by atoms with Crippen LogP contribution in [0.2, 0.25) is 0 Å². The molecule has 0 saturated carbocycles. The maximum atomic E-state index is 12.7. The summed E-state index contributed by atoms with van der Waals surface area (Å²) in [5.74, 6) is -0.179. The lowest BCUT2D eigenvalue weighted by Gasteiger charge is -2.16. The SMILES string of the molecule is CC(C)C(O)CNc1ccc(F)cc1N. The van der Waals surface area contributed by atoms with Gasteiger partial charge in [0, 0.05) is 6.54 Å². The maximum absolute atomic E-state index is 12.7. The van der Waals surface area contributed by atoms with Crippen LogP contribution < -0.4 is 11.1 Å². The number of halogens is 1. The van der Waals surface area contributed by atoms with Crippen molar-refractivity contribution in [2.75, 3.05) is 17.6 Å². The number of nitrogens with two attached hydrogens (primary N) is 1. The van der Waals surface area contributed by atoms with Crippen molar-refractivity contribution in [2.24, 2.45) is 5.92 Å². The Morgan fingerprint density at radius 1 is 1.47 bits per heavy atom. The van der Waals surface area contributed by atoms with Crippen molar-refractivity contribution < 1.29 is 9.50 Å². The maximum Gasteiger partial charge on any atom is 0.125 e. The standard InChI is InChI=1S/C11H17FN2O/c1-7(2)11(15)6-14-10-4-3-8(12)5-9(10)13/h3-5,7,11,14-15H,6,13H2,1-2H3. The van der Waals surface area contributed by atoms with Crippen LogP contribution in [-0.2, 0) is 0 Å². The van der Waals surface area contributed by atoms with E-state index in [1.165, 1.54) is 12.1 Å². The van der Waals surface area contributed by atoms with Gasteiger partial charge in [-0.3, -0.25) is 0 Å². The van der Waals surface area contributed by atoms with E-state index in [4.69, 9.17) is 5.73 Å². The molecule has 0 aliphatic rings. The summed E-state index contributed by atoms with van der Waals surface area (Å²) in [5, 5.41) is 12.5. The predicted molar refractivity (Wildman–Crippen MR) is 60.1 cm³/mol. The number of hydrogen-bond donors (Lipinski definition) is 3. The van der Waals surface area contributed by atoms with E-state index in [-0.39, 0.29) is 11.7 Å². The lowest BCUT2D eigenvalue weighted by molar-refractivity contribution is 0.138. The predicted octanol–water partition coefficient (Wildman–Crippen LogP) is 1.84. The van der Waals surface area contributed by atoms with E-state index in [0.717, 1.165) is 0 Å². The summed E-state index contributed by atoms with van der Waals surface area (Å²) >= 11 is 0. The highest BCUT2D eigenvalue weighted by molar-refractivity contribution is 5.65. The zero-order chi connectivity index (χ0) is 11.4. The molecule has 0 heterocycles. The van der Waals surface area contributed by atoms with Crippen LogP contribution in [0.15, 0.2) is 18.2 Å². The van der Waals surface area contributed by atoms with Crippen molar-refractivity contribution in [3.05, 3.63) is 24.0 Å². The summed E-state index contributed by atoms with van der Waals surface area (Å²) in [7, 11) is 0. The molecule has 15 heavy (non-hydrogen) atoms. The first-order valence-electron chi connectivity index (χ1n) is 4.97. The van der Waals surface area contributed by atoms with E-state index in [9.17, 15) is 9.50 Å². The van der Waals surface area contributed by atoms with E-state index >= 15 is 0 Å². The van der Waals surface area contributed by atoms with Gasteiger partial charge in [-0.2, -0.15) is 0 Å². The Balaban J connectivity index is 2.58. The molecule has 4 heteroatoms. The Hall–Kier alpha value is -1.29. The molecule has 0 amide bonds. The van der Waals surface area contributed by atoms with Crippen LogP contribution in [0, 0.1) is 11.7 Å². The zero-order valence-electron chi connectivity index (χ0n) is 9.00. The van der Waals surface area contributed by atoms with Crippen LogP contribution in [0.25, 0.3) is 0 Å². The minimum atomic E-state index is -0.436. The van der Waals surface area contributed by atoms with Gasteiger partial charge in [-0.25, -0.2) is 4.39 Å². The van der Waals surface area contributed by atoms with Gasteiger partial charge in [0.15, 0.2) is 0 Å². The second-order valence-electron chi connectivity index (χ2n) is 3.92. The number of nitrogen functional groups attached to an aromatic ring is 1. The second kappa shape index (κ2) is 4.98. The average molecular weight is 212 g/mol. The van der Waals surface area contributed by atoms with Crippen molar-refractivity contribution in [1.29, 1.82) is 0 Å². The Labute approximate surface area is 89.1 Å². The van der Waals surface area contributed by atoms with Crippen LogP contribution in [-0.4, -0.2) is 17.8 Å². The molecule has 0 aromatic heterocycles. The molecular weight excluding hydrogens is 195 g/mol. The van der Waals surface area contributed by atoms with Crippen LogP contribution in [0.1, 0.15) is 13.8 Å². The number of rotatable bonds is 4. The van der Waals surface area contributed by atoms with Gasteiger partial charge in [0.2, 0.25) is 0 Å². The zero-order valence-corrected chi connectivity index (χ0v) is 9.00. The lowest BCUT2D eigenvalue weighted by Crippen LogP contribution is -2.25. The van der Waals surface area contributed by atoms with Crippen LogP contribution >= 0.6 is 0 Å². The van der Waals surface area contributed by atoms with Gasteiger partial charge in [0.05, 0.1) is 17.5 Å². The number of anilines is 2. The van der Waals surface area contributed by atoms with Crippen molar-refractivity contribution in [2.45, 2.75) is 20.0 Å². The first kappa shape index (κ1) is 11.8. The van der Waals surface area contributed by atoms with E-state index < -0.39 is 6.10 Å². The summed E-state index contributed by atoms with van der Waals surface area (Å²) in [6.45, 7) is 4.27. The number of benzene rings is 1. The molecule has 1 aromatic carbocycles. The van der Waals surface area contributed by atoms with Gasteiger partial charge < -0.3 is 16.2 Å². The summed E-state index contributed by atoms with van der Waals surface area (Å²) in [5.41, 5.74) is 6.60. The van der Waals surface area contributed by atoms with Gasteiger partial charge in [-0.1, -0.05) is 13.8 Å². The molecule has 84 valence electrons. The number of nitrogens with one attached hydrogen (secondary N) is 1. The molecule has 3 nitrogen and oxygen atoms in total. The topological polar surface area (TPSA) is 58.3 Å². The highest BCUT2D eigenvalue weighted by atomic mass is 19.1. The third-order valence-electron chi connectivity index (χ3n) is 2.28. The fraction of sp³-hybridized carbons (Fsp3) is 0.455. The van der Waals surface area contributed by atoms with Gasteiger partial charge in [0.25, 0.3) is 0 Å². The molecule has 1 rings (SSSR count). The summed E-state index contributed by atoms with van der Waals surface area (Å²) in [6.07, 6.45) is -0.436. The number of aliphatic hydroxyl groups is 1. The Kier molecular flexibility index (Phi) is 3.91. The molecule has 0 radical (unpaired) electrons. The van der Waals surface area contributed by atoms with Crippen molar-refractivity contribution in [1.82, 2.24) is 0 Å². The van der Waals surface area contributed by atoms with E-state index in [1.807, 2.05) is 13.8 Å². The first-order valence-corrected chi connectivity index (χ1v) is 4.97. The van der Waals surface area contributed by atoms with Gasteiger partial charge in [-0.15, -0.1) is 0 Å². The smallest absolute Gasteiger partial charge is 0.125 e. The highest BCUT2D eigenvalue weighted by Crippen LogP contribution is 2.19. The largest absolute Gasteiger partial charge is 0.397 e. The second-order valence-corrected chi connectivity index (χ2v) is 3.92. The Morgan fingerprint density at radius 2 is 2.13 bits per heavy atom. The minimum absolute atomic E-state index is 0.180. The molecular formula is C11H17FN2O. The van der Waals surface area contributed by atoms with Gasteiger partial charge in [-0.05, 0) is 24.1 Å². The molecule has 0 saturated heterocycles. The molecule has 4 N–H and O–H groups in total. The monoisotopic (exact) mass is 212 g/mol. The number of aliphatic hydroxyl groups excluding tert-OH is 1. The molecule has 1 aromatic rings. The van der Waals surface area contributed by atoms with Crippen LogP contribution in [0.4, 0.5) is 15.8 Å². The summed E-state index contributed by atoms with van der Waals surface area (Å²) < 4.78 is 12.7. The fourth-order valence-electron chi connectivity index (χ4n) is 1.14. The third-order valence-corrected chi connectivity index (χ3v) is 2.28. The van der Waals surface area contributed by atoms with E-state index in [1.54, 1.807) is 6.07 Å². The lowest BCUT2D eigenvalue weighted by atomic mass is 10.1. The molecule has 0 fully saturated rings. The summed E-state index contributed by atoms with van der Waals surface area (Å²) in [6, 6.07) is 4.16. The molecule has 0 bridgehead atoms. The Bertz CT molecular complexity index is 328. The van der Waals surface area contributed by atoms with Gasteiger partial charge in [0.1, 0.15) is 5.82 Å². The Morgan fingerprint density at radius 3 is 2.67 bits per heavy atom. The molecule has 1 unspecified atom stereocenters. The summed E-state index contributed by atoms with van der Waals surface area (Å²) in [4.78, 5) is 0. The fourth-order valence-corrected chi connectivity index (χ4v) is 1.14. The molecule has 0 aliphatic heterocycles. The van der Waals surface area contributed by atoms with Crippen LogP contribution in [0.3, 0.4) is 0 Å². The average Bonchev–Trinajstić information content (AvgIpc) is 2.15. The molecule has 0 spiro atoms. The first-order chi connectivity index (χ1) is 7.00. The van der Waals surface area contributed by atoms with E-state index in [2.05, 4.69) is 5.32 Å². The quantitative estimate of drug-likeness (QED) is 0.667. The van der Waals surface area contributed by atoms with Crippen LogP contribution in [0.5, 0.6) is 0 Å². The molecule has 0 aliphatic carbocycles. The van der Waals surface area contributed by atoms with Crippen molar-refractivity contribution in [3.8, 4) is 0 Å². The third kappa shape index (κ3) is 3.40. The van der Waals surface area contributed by atoms with Crippen molar-refractivity contribution >= 4 is 11.4 Å². The number of hydrogen-bond acceptors (Lipinski definition) is 3. The minimum Gasteiger partial charge on any atom is -0.397 e. The normalized spacial score (nSPS) is 12.9. The molecule has 1 atom stereocenters. The van der Waals surface area contributed by atoms with E-state index in [0.29, 0.717) is 17.9 Å². The van der Waals surface area contributed by atoms with Gasteiger partial charge >= 0.3 is 0 Å². The van der Waals surface area contributed by atoms with Crippen molar-refractivity contribution in [3.63, 3.8) is 0 Å².